The van der Waals surface area contributed by atoms with Gasteiger partial charge < -0.3 is 9.88 Å². The first-order valence-electron chi connectivity index (χ1n) is 6.77. The van der Waals surface area contributed by atoms with Gasteiger partial charge in [-0.15, -0.1) is 0 Å². The molecule has 0 bridgehead atoms. The minimum Gasteiger partial charge on any atom is -0.333 e. The van der Waals surface area contributed by atoms with Crippen LogP contribution in [0, 0.1) is 0 Å². The summed E-state index contributed by atoms with van der Waals surface area (Å²) in [5, 5.41) is 3.51. The first-order valence-corrected chi connectivity index (χ1v) is 6.77. The second-order valence-electron chi connectivity index (χ2n) is 5.74. The van der Waals surface area contributed by atoms with Gasteiger partial charge in [0, 0.05) is 24.8 Å². The molecule has 0 aliphatic carbocycles. The third kappa shape index (κ3) is 5.87. The Morgan fingerprint density at radius 2 is 2.00 bits per heavy atom. The Balaban J connectivity index is 2.37. The molecule has 0 aliphatic rings. The van der Waals surface area contributed by atoms with E-state index in [0.29, 0.717) is 0 Å². The molecule has 0 radical (unpaired) electrons. The number of aromatic nitrogens is 2. The van der Waals surface area contributed by atoms with Crippen molar-refractivity contribution < 1.29 is 0 Å². The summed E-state index contributed by atoms with van der Waals surface area (Å²) in [6.07, 6.45) is 9.13. The van der Waals surface area contributed by atoms with E-state index < -0.39 is 0 Å². The fourth-order valence-corrected chi connectivity index (χ4v) is 1.76. The average molecular weight is 237 g/mol. The fourth-order valence-electron chi connectivity index (χ4n) is 1.76. The molecule has 1 aromatic rings. The van der Waals surface area contributed by atoms with Gasteiger partial charge in [0.15, 0.2) is 0 Å². The SMILES string of the molecule is CCCCCCn1cncc1CNC(C)(C)C. The Kier molecular flexibility index (Phi) is 5.69. The summed E-state index contributed by atoms with van der Waals surface area (Å²) in [6.45, 7) is 10.8. The largest absolute Gasteiger partial charge is 0.333 e. The second kappa shape index (κ2) is 6.80. The van der Waals surface area contributed by atoms with Crippen LogP contribution in [0.1, 0.15) is 59.1 Å². The molecule has 0 unspecified atom stereocenters. The van der Waals surface area contributed by atoms with Crippen LogP contribution in [0.5, 0.6) is 0 Å². The van der Waals surface area contributed by atoms with Crippen LogP contribution in [0.4, 0.5) is 0 Å². The van der Waals surface area contributed by atoms with Crippen molar-refractivity contribution in [3.63, 3.8) is 0 Å². The summed E-state index contributed by atoms with van der Waals surface area (Å²) < 4.78 is 2.27. The van der Waals surface area contributed by atoms with Gasteiger partial charge in [0.2, 0.25) is 0 Å². The molecule has 1 aromatic heterocycles. The molecule has 1 rings (SSSR count). The molecule has 3 heteroatoms. The van der Waals surface area contributed by atoms with Gasteiger partial charge in [-0.25, -0.2) is 4.98 Å². The van der Waals surface area contributed by atoms with Gasteiger partial charge in [-0.2, -0.15) is 0 Å². The summed E-state index contributed by atoms with van der Waals surface area (Å²) in [6, 6.07) is 0. The molecular weight excluding hydrogens is 210 g/mol. The normalized spacial score (nSPS) is 12.0. The molecule has 0 saturated heterocycles. The monoisotopic (exact) mass is 237 g/mol. The van der Waals surface area contributed by atoms with E-state index in [4.69, 9.17) is 0 Å². The Bertz CT molecular complexity index is 310. The summed E-state index contributed by atoms with van der Waals surface area (Å²) in [5.74, 6) is 0. The molecule has 0 aromatic carbocycles. The van der Waals surface area contributed by atoms with Crippen LogP contribution >= 0.6 is 0 Å². The zero-order chi connectivity index (χ0) is 12.7. The highest BCUT2D eigenvalue weighted by molar-refractivity contribution is 4.98. The number of unbranched alkanes of at least 4 members (excludes halogenated alkanes) is 3. The lowest BCUT2D eigenvalue weighted by Gasteiger charge is -2.21. The summed E-state index contributed by atoms with van der Waals surface area (Å²) in [4.78, 5) is 4.24. The minimum absolute atomic E-state index is 0.164. The van der Waals surface area contributed by atoms with Crippen LogP contribution in [0.3, 0.4) is 0 Å². The van der Waals surface area contributed by atoms with Gasteiger partial charge in [0.1, 0.15) is 0 Å². The zero-order valence-corrected chi connectivity index (χ0v) is 11.8. The van der Waals surface area contributed by atoms with Crippen LogP contribution in [-0.4, -0.2) is 15.1 Å². The quantitative estimate of drug-likeness (QED) is 0.737. The van der Waals surface area contributed by atoms with Crippen molar-refractivity contribution in [3.05, 3.63) is 18.2 Å². The third-order valence-electron chi connectivity index (χ3n) is 2.85. The van der Waals surface area contributed by atoms with Gasteiger partial charge in [-0.3, -0.25) is 0 Å². The number of rotatable bonds is 7. The fraction of sp³-hybridized carbons (Fsp3) is 0.786. The first kappa shape index (κ1) is 14.2. The highest BCUT2D eigenvalue weighted by atomic mass is 15.1. The predicted octanol–water partition coefficient (Wildman–Crippen LogP) is 3.35. The van der Waals surface area contributed by atoms with Crippen molar-refractivity contribution in [2.24, 2.45) is 0 Å². The van der Waals surface area contributed by atoms with Crippen molar-refractivity contribution >= 4 is 0 Å². The van der Waals surface area contributed by atoms with E-state index in [2.05, 4.69) is 42.6 Å². The Hall–Kier alpha value is -0.830. The number of hydrogen-bond donors (Lipinski definition) is 1. The van der Waals surface area contributed by atoms with E-state index in [9.17, 15) is 0 Å². The number of imidazole rings is 1. The van der Waals surface area contributed by atoms with Crippen LogP contribution in [-0.2, 0) is 13.1 Å². The molecule has 17 heavy (non-hydrogen) atoms. The Morgan fingerprint density at radius 1 is 1.24 bits per heavy atom. The van der Waals surface area contributed by atoms with Gasteiger partial charge >= 0.3 is 0 Å². The second-order valence-corrected chi connectivity index (χ2v) is 5.74. The van der Waals surface area contributed by atoms with E-state index in [0.717, 1.165) is 13.1 Å². The van der Waals surface area contributed by atoms with Crippen LogP contribution in [0.25, 0.3) is 0 Å². The molecular formula is C14H27N3. The summed E-state index contributed by atoms with van der Waals surface area (Å²) in [5.41, 5.74) is 1.45. The predicted molar refractivity (Wildman–Crippen MR) is 73.0 cm³/mol. The highest BCUT2D eigenvalue weighted by Gasteiger charge is 2.10. The lowest BCUT2D eigenvalue weighted by Crippen LogP contribution is -2.35. The highest BCUT2D eigenvalue weighted by Crippen LogP contribution is 2.07. The van der Waals surface area contributed by atoms with Gasteiger partial charge in [-0.1, -0.05) is 26.2 Å². The molecule has 0 aliphatic heterocycles. The minimum atomic E-state index is 0.164. The molecule has 0 atom stereocenters. The summed E-state index contributed by atoms with van der Waals surface area (Å²) in [7, 11) is 0. The van der Waals surface area contributed by atoms with Gasteiger partial charge in [0.05, 0.1) is 12.0 Å². The molecule has 1 heterocycles. The van der Waals surface area contributed by atoms with Crippen LogP contribution < -0.4 is 5.32 Å². The molecule has 0 spiro atoms. The number of nitrogens with zero attached hydrogens (tertiary/aromatic N) is 2. The van der Waals surface area contributed by atoms with E-state index in [1.165, 1.54) is 31.4 Å². The lowest BCUT2D eigenvalue weighted by atomic mass is 10.1. The van der Waals surface area contributed by atoms with Crippen molar-refractivity contribution in [2.75, 3.05) is 0 Å². The van der Waals surface area contributed by atoms with E-state index in [-0.39, 0.29) is 5.54 Å². The molecule has 98 valence electrons. The van der Waals surface area contributed by atoms with Crippen molar-refractivity contribution in [3.8, 4) is 0 Å². The number of aryl methyl sites for hydroxylation is 1. The Morgan fingerprint density at radius 3 is 2.65 bits per heavy atom. The smallest absolute Gasteiger partial charge is 0.0948 e. The van der Waals surface area contributed by atoms with Crippen molar-refractivity contribution in [1.29, 1.82) is 0 Å². The maximum absolute atomic E-state index is 4.24. The lowest BCUT2D eigenvalue weighted by molar-refractivity contribution is 0.414. The molecule has 1 N–H and O–H groups in total. The standard InChI is InChI=1S/C14H27N3/c1-5-6-7-8-9-17-12-15-10-13(17)11-16-14(2,3)4/h10,12,16H,5-9,11H2,1-4H3. The van der Waals surface area contributed by atoms with E-state index in [1.807, 2.05) is 12.5 Å². The van der Waals surface area contributed by atoms with Gasteiger partial charge in [-0.05, 0) is 27.2 Å². The number of hydrogen-bond acceptors (Lipinski definition) is 2. The zero-order valence-electron chi connectivity index (χ0n) is 11.8. The average Bonchev–Trinajstić information content (AvgIpc) is 2.68. The Labute approximate surface area is 106 Å². The van der Waals surface area contributed by atoms with E-state index >= 15 is 0 Å². The van der Waals surface area contributed by atoms with Crippen molar-refractivity contribution in [2.45, 2.75) is 72.0 Å². The van der Waals surface area contributed by atoms with Crippen LogP contribution in [0.2, 0.25) is 0 Å². The molecule has 3 nitrogen and oxygen atoms in total. The third-order valence-corrected chi connectivity index (χ3v) is 2.85. The molecule has 0 saturated carbocycles. The molecule has 0 amide bonds. The van der Waals surface area contributed by atoms with Crippen LogP contribution in [0.15, 0.2) is 12.5 Å². The first-order chi connectivity index (χ1) is 8.03. The topological polar surface area (TPSA) is 29.9 Å². The number of nitrogens with one attached hydrogen (secondary N) is 1. The summed E-state index contributed by atoms with van der Waals surface area (Å²) >= 11 is 0. The molecule has 0 fully saturated rings. The van der Waals surface area contributed by atoms with E-state index in [1.54, 1.807) is 0 Å². The maximum Gasteiger partial charge on any atom is 0.0948 e. The van der Waals surface area contributed by atoms with Gasteiger partial charge in [0.25, 0.3) is 0 Å². The van der Waals surface area contributed by atoms with Crippen molar-refractivity contribution in [1.82, 2.24) is 14.9 Å². The maximum atomic E-state index is 4.24.